The number of thiophene rings is 1. The molecule has 0 unspecified atom stereocenters. The van der Waals surface area contributed by atoms with Crippen molar-refractivity contribution in [1.29, 1.82) is 0 Å². The van der Waals surface area contributed by atoms with Gasteiger partial charge in [-0.3, -0.25) is 14.4 Å². The number of amides is 3. The molecule has 0 saturated heterocycles. The third-order valence-electron chi connectivity index (χ3n) is 4.04. The molecular formula is C20H23N3O5S. The molecule has 0 bridgehead atoms. The van der Waals surface area contributed by atoms with Gasteiger partial charge in [0.25, 0.3) is 11.8 Å². The van der Waals surface area contributed by atoms with E-state index in [4.69, 9.17) is 4.74 Å². The Morgan fingerprint density at radius 1 is 1.07 bits per heavy atom. The van der Waals surface area contributed by atoms with Gasteiger partial charge in [0.2, 0.25) is 5.91 Å². The Kier molecular flexibility index (Phi) is 7.49. The van der Waals surface area contributed by atoms with E-state index >= 15 is 0 Å². The van der Waals surface area contributed by atoms with E-state index in [1.165, 1.54) is 14.0 Å². The van der Waals surface area contributed by atoms with E-state index in [9.17, 15) is 19.2 Å². The van der Waals surface area contributed by atoms with Crippen LogP contribution in [0.3, 0.4) is 0 Å². The van der Waals surface area contributed by atoms with Gasteiger partial charge in [0, 0.05) is 26.1 Å². The van der Waals surface area contributed by atoms with Crippen molar-refractivity contribution in [2.24, 2.45) is 0 Å². The molecule has 0 spiro atoms. The van der Waals surface area contributed by atoms with Crippen LogP contribution in [0, 0.1) is 6.92 Å². The Balaban J connectivity index is 2.27. The Morgan fingerprint density at radius 3 is 2.28 bits per heavy atom. The van der Waals surface area contributed by atoms with Crippen molar-refractivity contribution in [1.82, 2.24) is 10.6 Å². The van der Waals surface area contributed by atoms with Gasteiger partial charge in [0.05, 0.1) is 17.0 Å². The SMILES string of the molecule is CCOC(=O)c1c(NC(=O)c2ccc(CNC(C)=O)cc2)sc(C(=O)NC)c1C. The average molecular weight is 417 g/mol. The summed E-state index contributed by atoms with van der Waals surface area (Å²) in [6.07, 6.45) is 0. The molecule has 0 radical (unpaired) electrons. The maximum absolute atomic E-state index is 12.7. The molecule has 0 aliphatic carbocycles. The topological polar surface area (TPSA) is 114 Å². The van der Waals surface area contributed by atoms with Gasteiger partial charge in [-0.1, -0.05) is 12.1 Å². The number of carbonyl (C=O) groups is 4. The van der Waals surface area contributed by atoms with E-state index in [0.717, 1.165) is 16.9 Å². The first-order valence-corrected chi connectivity index (χ1v) is 9.77. The lowest BCUT2D eigenvalue weighted by atomic mass is 10.1. The minimum Gasteiger partial charge on any atom is -0.462 e. The summed E-state index contributed by atoms with van der Waals surface area (Å²) in [6, 6.07) is 6.70. The van der Waals surface area contributed by atoms with Crippen LogP contribution in [0.15, 0.2) is 24.3 Å². The molecule has 8 nitrogen and oxygen atoms in total. The van der Waals surface area contributed by atoms with E-state index < -0.39 is 11.9 Å². The maximum Gasteiger partial charge on any atom is 0.341 e. The fraction of sp³-hybridized carbons (Fsp3) is 0.300. The number of anilines is 1. The van der Waals surface area contributed by atoms with Crippen molar-refractivity contribution in [2.75, 3.05) is 19.0 Å². The highest BCUT2D eigenvalue weighted by Crippen LogP contribution is 2.34. The smallest absolute Gasteiger partial charge is 0.341 e. The van der Waals surface area contributed by atoms with E-state index in [2.05, 4.69) is 16.0 Å². The van der Waals surface area contributed by atoms with Crippen LogP contribution < -0.4 is 16.0 Å². The highest BCUT2D eigenvalue weighted by molar-refractivity contribution is 7.18. The number of rotatable bonds is 7. The van der Waals surface area contributed by atoms with Gasteiger partial charge in [-0.2, -0.15) is 0 Å². The molecular weight excluding hydrogens is 394 g/mol. The number of esters is 1. The number of hydrogen-bond acceptors (Lipinski definition) is 6. The fourth-order valence-corrected chi connectivity index (χ4v) is 3.69. The molecule has 3 amide bonds. The summed E-state index contributed by atoms with van der Waals surface area (Å²) in [5.74, 6) is -1.51. The molecule has 1 heterocycles. The molecule has 1 aromatic carbocycles. The average Bonchev–Trinajstić information content (AvgIpc) is 3.02. The Bertz CT molecular complexity index is 934. The molecule has 0 aliphatic heterocycles. The van der Waals surface area contributed by atoms with Crippen molar-refractivity contribution in [2.45, 2.75) is 27.3 Å². The largest absolute Gasteiger partial charge is 0.462 e. The minimum absolute atomic E-state index is 0.140. The normalized spacial score (nSPS) is 10.2. The first-order valence-electron chi connectivity index (χ1n) is 8.95. The second-order valence-electron chi connectivity index (χ2n) is 6.12. The van der Waals surface area contributed by atoms with Crippen LogP contribution in [0.25, 0.3) is 0 Å². The summed E-state index contributed by atoms with van der Waals surface area (Å²) < 4.78 is 5.08. The molecule has 154 valence electrons. The monoisotopic (exact) mass is 417 g/mol. The molecule has 0 atom stereocenters. The van der Waals surface area contributed by atoms with Crippen LogP contribution in [-0.4, -0.2) is 37.3 Å². The van der Waals surface area contributed by atoms with Crippen LogP contribution in [0.1, 0.15) is 55.4 Å². The van der Waals surface area contributed by atoms with Crippen LogP contribution in [0.2, 0.25) is 0 Å². The quantitative estimate of drug-likeness (QED) is 0.599. The summed E-state index contributed by atoms with van der Waals surface area (Å²) >= 11 is 1.02. The zero-order chi connectivity index (χ0) is 21.6. The molecule has 2 aromatic rings. The van der Waals surface area contributed by atoms with Crippen molar-refractivity contribution in [3.8, 4) is 0 Å². The molecule has 0 aliphatic rings. The molecule has 0 fully saturated rings. The molecule has 0 saturated carbocycles. The Morgan fingerprint density at radius 2 is 1.72 bits per heavy atom. The number of nitrogens with one attached hydrogen (secondary N) is 3. The number of carbonyl (C=O) groups excluding carboxylic acids is 4. The van der Waals surface area contributed by atoms with Gasteiger partial charge in [-0.05, 0) is 37.1 Å². The van der Waals surface area contributed by atoms with E-state index in [1.807, 2.05) is 0 Å². The fourth-order valence-electron chi connectivity index (χ4n) is 2.56. The van der Waals surface area contributed by atoms with Gasteiger partial charge in [0.15, 0.2) is 0 Å². The summed E-state index contributed by atoms with van der Waals surface area (Å²) in [6.45, 7) is 5.29. The van der Waals surface area contributed by atoms with Gasteiger partial charge in [-0.15, -0.1) is 11.3 Å². The number of benzene rings is 1. The second-order valence-corrected chi connectivity index (χ2v) is 7.14. The summed E-state index contributed by atoms with van der Waals surface area (Å²) in [5.41, 5.74) is 1.84. The molecule has 3 N–H and O–H groups in total. The third kappa shape index (κ3) is 5.41. The zero-order valence-electron chi connectivity index (χ0n) is 16.7. The van der Waals surface area contributed by atoms with Gasteiger partial charge < -0.3 is 20.7 Å². The third-order valence-corrected chi connectivity index (χ3v) is 5.25. The molecule has 9 heteroatoms. The lowest BCUT2D eigenvalue weighted by Gasteiger charge is -2.08. The van der Waals surface area contributed by atoms with Gasteiger partial charge in [-0.25, -0.2) is 4.79 Å². The highest BCUT2D eigenvalue weighted by atomic mass is 32.1. The van der Waals surface area contributed by atoms with Crippen LogP contribution >= 0.6 is 11.3 Å². The Hall–Kier alpha value is -3.20. The van der Waals surface area contributed by atoms with Gasteiger partial charge in [0.1, 0.15) is 5.00 Å². The van der Waals surface area contributed by atoms with E-state index in [1.54, 1.807) is 38.1 Å². The van der Waals surface area contributed by atoms with Gasteiger partial charge >= 0.3 is 5.97 Å². The molecule has 2 rings (SSSR count). The zero-order valence-corrected chi connectivity index (χ0v) is 17.5. The van der Waals surface area contributed by atoms with E-state index in [-0.39, 0.29) is 29.0 Å². The summed E-state index contributed by atoms with van der Waals surface area (Å²) in [4.78, 5) is 48.4. The van der Waals surface area contributed by atoms with Crippen molar-refractivity contribution >= 4 is 40.0 Å². The van der Waals surface area contributed by atoms with Crippen LogP contribution in [-0.2, 0) is 16.1 Å². The minimum atomic E-state index is -0.600. The van der Waals surface area contributed by atoms with Crippen molar-refractivity contribution in [3.05, 3.63) is 51.4 Å². The number of ether oxygens (including phenoxy) is 1. The predicted octanol–water partition coefficient (Wildman–Crippen LogP) is 2.48. The van der Waals surface area contributed by atoms with Crippen molar-refractivity contribution in [3.63, 3.8) is 0 Å². The number of hydrogen-bond donors (Lipinski definition) is 3. The molecule has 29 heavy (non-hydrogen) atoms. The lowest BCUT2D eigenvalue weighted by molar-refractivity contribution is -0.119. The second kappa shape index (κ2) is 9.83. The summed E-state index contributed by atoms with van der Waals surface area (Å²) in [5, 5.41) is 8.16. The Labute approximate surface area is 172 Å². The van der Waals surface area contributed by atoms with Crippen LogP contribution in [0.5, 0.6) is 0 Å². The molecule has 1 aromatic heterocycles. The standard InChI is InChI=1S/C20H23N3O5S/c1-5-28-20(27)15-11(2)16(18(26)21-4)29-19(15)23-17(25)14-8-6-13(7-9-14)10-22-12(3)24/h6-9H,5,10H2,1-4H3,(H,21,26)(H,22,24)(H,23,25). The van der Waals surface area contributed by atoms with Crippen LogP contribution in [0.4, 0.5) is 5.00 Å². The van der Waals surface area contributed by atoms with E-state index in [0.29, 0.717) is 22.5 Å². The lowest BCUT2D eigenvalue weighted by Crippen LogP contribution is -2.19. The predicted molar refractivity (Wildman–Crippen MR) is 110 cm³/mol. The highest BCUT2D eigenvalue weighted by Gasteiger charge is 2.26. The summed E-state index contributed by atoms with van der Waals surface area (Å²) in [7, 11) is 1.49. The maximum atomic E-state index is 12.7. The first kappa shape index (κ1) is 22.1. The van der Waals surface area contributed by atoms with Crippen molar-refractivity contribution < 1.29 is 23.9 Å². The first-order chi connectivity index (χ1) is 13.8.